The fourth-order valence-electron chi connectivity index (χ4n) is 2.66. The number of nitrogens with one attached hydrogen (secondary N) is 2. The van der Waals surface area contributed by atoms with Crippen LogP contribution in [0.3, 0.4) is 0 Å². The molecule has 1 heterocycles. The molecule has 1 aromatic carbocycles. The van der Waals surface area contributed by atoms with Gasteiger partial charge in [0.25, 0.3) is 0 Å². The van der Waals surface area contributed by atoms with E-state index in [-0.39, 0.29) is 24.8 Å². The lowest BCUT2D eigenvalue weighted by molar-refractivity contribution is -0.125. The molecule has 0 aliphatic heterocycles. The van der Waals surface area contributed by atoms with Crippen molar-refractivity contribution in [1.29, 1.82) is 0 Å². The Kier molecular flexibility index (Phi) is 4.64. The van der Waals surface area contributed by atoms with Crippen LogP contribution in [0.1, 0.15) is 29.8 Å². The zero-order valence-corrected chi connectivity index (χ0v) is 14.0. The maximum absolute atomic E-state index is 12.1. The number of carbonyl (C=O) groups is 2. The van der Waals surface area contributed by atoms with Crippen LogP contribution in [0.4, 0.5) is 0 Å². The van der Waals surface area contributed by atoms with Gasteiger partial charge >= 0.3 is 0 Å². The number of aromatic nitrogens is 2. The third-order valence-corrected chi connectivity index (χ3v) is 4.17. The summed E-state index contributed by atoms with van der Waals surface area (Å²) >= 11 is 0. The first-order chi connectivity index (χ1) is 11.5. The van der Waals surface area contributed by atoms with Crippen LogP contribution in [0.2, 0.25) is 0 Å². The Bertz CT molecular complexity index is 748. The maximum Gasteiger partial charge on any atom is 0.239 e. The number of para-hydroxylation sites is 1. The highest BCUT2D eigenvalue weighted by Gasteiger charge is 2.23. The first-order valence-electron chi connectivity index (χ1n) is 8.21. The second-order valence-electron chi connectivity index (χ2n) is 6.19. The van der Waals surface area contributed by atoms with Crippen molar-refractivity contribution in [3.63, 3.8) is 0 Å². The van der Waals surface area contributed by atoms with Crippen molar-refractivity contribution >= 4 is 11.8 Å². The zero-order chi connectivity index (χ0) is 17.1. The average Bonchev–Trinajstić information content (AvgIpc) is 3.35. The van der Waals surface area contributed by atoms with Gasteiger partial charge in [0.05, 0.1) is 24.3 Å². The molecule has 126 valence electrons. The van der Waals surface area contributed by atoms with E-state index in [0.717, 1.165) is 35.5 Å². The Balaban J connectivity index is 1.63. The van der Waals surface area contributed by atoms with Gasteiger partial charge in [-0.25, -0.2) is 4.68 Å². The molecule has 0 spiro atoms. The van der Waals surface area contributed by atoms with Crippen LogP contribution in [-0.4, -0.2) is 34.2 Å². The molecule has 24 heavy (non-hydrogen) atoms. The van der Waals surface area contributed by atoms with Crippen LogP contribution in [0.25, 0.3) is 5.69 Å². The molecule has 0 atom stereocenters. The molecule has 6 nitrogen and oxygen atoms in total. The molecule has 0 radical (unpaired) electrons. The van der Waals surface area contributed by atoms with Gasteiger partial charge in [-0.05, 0) is 38.8 Å². The molecule has 2 amide bonds. The molecule has 0 bridgehead atoms. The monoisotopic (exact) mass is 326 g/mol. The van der Waals surface area contributed by atoms with Gasteiger partial charge in [-0.3, -0.25) is 9.59 Å². The minimum atomic E-state index is -0.167. The molecule has 1 aliphatic carbocycles. The fourth-order valence-corrected chi connectivity index (χ4v) is 2.66. The van der Waals surface area contributed by atoms with Gasteiger partial charge in [0.15, 0.2) is 0 Å². The molecule has 2 aromatic rings. The summed E-state index contributed by atoms with van der Waals surface area (Å²) in [6, 6.07) is 10.1. The standard InChI is InChI=1S/C18H22N4O2/c1-12-16(10-17(23)19-11-18(24)20-14-8-9-14)13(2)22(21-12)15-6-4-3-5-7-15/h3-7,14H,8-11H2,1-2H3,(H,19,23)(H,20,24). The molecule has 3 rings (SSSR count). The largest absolute Gasteiger partial charge is 0.352 e. The van der Waals surface area contributed by atoms with Gasteiger partial charge in [-0.15, -0.1) is 0 Å². The van der Waals surface area contributed by atoms with E-state index in [1.807, 2.05) is 48.9 Å². The van der Waals surface area contributed by atoms with Gasteiger partial charge in [0.2, 0.25) is 11.8 Å². The highest BCUT2D eigenvalue weighted by Crippen LogP contribution is 2.19. The summed E-state index contributed by atoms with van der Waals surface area (Å²) in [6.07, 6.45) is 2.30. The summed E-state index contributed by atoms with van der Waals surface area (Å²) in [6.45, 7) is 3.88. The Morgan fingerprint density at radius 2 is 1.88 bits per heavy atom. The predicted octanol–water partition coefficient (Wildman–Crippen LogP) is 1.43. The number of benzene rings is 1. The molecule has 6 heteroatoms. The van der Waals surface area contributed by atoms with Crippen LogP contribution in [0.15, 0.2) is 30.3 Å². The van der Waals surface area contributed by atoms with E-state index in [0.29, 0.717) is 6.04 Å². The zero-order valence-electron chi connectivity index (χ0n) is 14.0. The maximum atomic E-state index is 12.1. The summed E-state index contributed by atoms with van der Waals surface area (Å²) in [7, 11) is 0. The third kappa shape index (κ3) is 3.82. The van der Waals surface area contributed by atoms with Crippen LogP contribution in [0.5, 0.6) is 0 Å². The van der Waals surface area contributed by atoms with Gasteiger partial charge in [0, 0.05) is 17.3 Å². The topological polar surface area (TPSA) is 76.0 Å². The molecule has 1 saturated carbocycles. The van der Waals surface area contributed by atoms with Crippen molar-refractivity contribution in [2.24, 2.45) is 0 Å². The van der Waals surface area contributed by atoms with Gasteiger partial charge < -0.3 is 10.6 Å². The number of nitrogens with zero attached hydrogens (tertiary/aromatic N) is 2. The van der Waals surface area contributed by atoms with Crippen molar-refractivity contribution in [1.82, 2.24) is 20.4 Å². The Morgan fingerprint density at radius 3 is 2.54 bits per heavy atom. The second kappa shape index (κ2) is 6.86. The van der Waals surface area contributed by atoms with E-state index < -0.39 is 0 Å². The Labute approximate surface area is 141 Å². The van der Waals surface area contributed by atoms with Crippen LogP contribution in [0, 0.1) is 13.8 Å². The smallest absolute Gasteiger partial charge is 0.239 e. The highest BCUT2D eigenvalue weighted by atomic mass is 16.2. The molecule has 0 saturated heterocycles. The van der Waals surface area contributed by atoms with Gasteiger partial charge in [0.1, 0.15) is 0 Å². The lowest BCUT2D eigenvalue weighted by Gasteiger charge is -2.07. The summed E-state index contributed by atoms with van der Waals surface area (Å²) in [5, 5.41) is 10.1. The summed E-state index contributed by atoms with van der Waals surface area (Å²) in [4.78, 5) is 23.8. The number of hydrogen-bond acceptors (Lipinski definition) is 3. The van der Waals surface area contributed by atoms with Crippen LogP contribution < -0.4 is 10.6 Å². The first-order valence-corrected chi connectivity index (χ1v) is 8.21. The van der Waals surface area contributed by atoms with Crippen molar-refractivity contribution < 1.29 is 9.59 Å². The van der Waals surface area contributed by atoms with Crippen LogP contribution in [-0.2, 0) is 16.0 Å². The van der Waals surface area contributed by atoms with E-state index in [1.165, 1.54) is 0 Å². The normalized spacial score (nSPS) is 13.6. The van der Waals surface area contributed by atoms with E-state index in [9.17, 15) is 9.59 Å². The van der Waals surface area contributed by atoms with Gasteiger partial charge in [-0.2, -0.15) is 5.10 Å². The van der Waals surface area contributed by atoms with Crippen molar-refractivity contribution in [2.75, 3.05) is 6.54 Å². The number of aryl methyl sites for hydroxylation is 1. The van der Waals surface area contributed by atoms with Crippen molar-refractivity contribution in [3.05, 3.63) is 47.3 Å². The number of carbonyl (C=O) groups excluding carboxylic acids is 2. The molecule has 1 fully saturated rings. The first kappa shape index (κ1) is 16.2. The Hall–Kier alpha value is -2.63. The quantitative estimate of drug-likeness (QED) is 0.843. The van der Waals surface area contributed by atoms with Crippen LogP contribution >= 0.6 is 0 Å². The van der Waals surface area contributed by atoms with E-state index in [4.69, 9.17) is 0 Å². The number of amides is 2. The van der Waals surface area contributed by atoms with Crippen molar-refractivity contribution in [3.8, 4) is 5.69 Å². The SMILES string of the molecule is Cc1nn(-c2ccccc2)c(C)c1CC(=O)NCC(=O)NC1CC1. The van der Waals surface area contributed by atoms with E-state index >= 15 is 0 Å². The lowest BCUT2D eigenvalue weighted by atomic mass is 10.1. The molecule has 1 aromatic heterocycles. The summed E-state index contributed by atoms with van der Waals surface area (Å²) in [5.74, 6) is -0.293. The molecular weight excluding hydrogens is 304 g/mol. The molecule has 0 unspecified atom stereocenters. The molecule has 1 aliphatic rings. The van der Waals surface area contributed by atoms with Crippen molar-refractivity contribution in [2.45, 2.75) is 39.2 Å². The second-order valence-corrected chi connectivity index (χ2v) is 6.19. The number of rotatable bonds is 6. The lowest BCUT2D eigenvalue weighted by Crippen LogP contribution is -2.38. The fraction of sp³-hybridized carbons (Fsp3) is 0.389. The Morgan fingerprint density at radius 1 is 1.17 bits per heavy atom. The van der Waals surface area contributed by atoms with E-state index in [2.05, 4.69) is 15.7 Å². The highest BCUT2D eigenvalue weighted by molar-refractivity contribution is 5.86. The third-order valence-electron chi connectivity index (χ3n) is 4.17. The summed E-state index contributed by atoms with van der Waals surface area (Å²) < 4.78 is 1.84. The number of hydrogen-bond donors (Lipinski definition) is 2. The minimum Gasteiger partial charge on any atom is -0.352 e. The molecule has 2 N–H and O–H groups in total. The minimum absolute atomic E-state index is 0.0280. The average molecular weight is 326 g/mol. The summed E-state index contributed by atoms with van der Waals surface area (Å²) in [5.41, 5.74) is 3.64. The predicted molar refractivity (Wildman–Crippen MR) is 90.9 cm³/mol. The van der Waals surface area contributed by atoms with E-state index in [1.54, 1.807) is 0 Å². The molecular formula is C18H22N4O2. The van der Waals surface area contributed by atoms with Gasteiger partial charge in [-0.1, -0.05) is 18.2 Å².